The molecule has 6 nitrogen and oxygen atoms in total. The van der Waals surface area contributed by atoms with Gasteiger partial charge in [-0.25, -0.2) is 9.78 Å². The molecule has 6 heteroatoms. The number of carbonyl (C=O) groups is 1. The number of pyridine rings is 1. The van der Waals surface area contributed by atoms with Gasteiger partial charge in [0.2, 0.25) is 0 Å². The molecule has 0 bridgehead atoms. The van der Waals surface area contributed by atoms with E-state index < -0.39 is 5.97 Å². The van der Waals surface area contributed by atoms with Gasteiger partial charge in [-0.05, 0) is 12.1 Å². The molecule has 0 aliphatic rings. The number of para-hydroxylation sites is 1. The molecule has 0 unspecified atom stereocenters. The van der Waals surface area contributed by atoms with Crippen molar-refractivity contribution in [2.45, 2.75) is 0 Å². The number of anilines is 2. The fourth-order valence-corrected chi connectivity index (χ4v) is 2.05. The first-order valence-corrected chi connectivity index (χ1v) is 6.02. The number of aromatic nitrogens is 3. The second-order valence-electron chi connectivity index (χ2n) is 4.41. The van der Waals surface area contributed by atoms with Gasteiger partial charge in [0.25, 0.3) is 0 Å². The van der Waals surface area contributed by atoms with E-state index >= 15 is 0 Å². The number of carboxylic acid groups (broad SMARTS) is 1. The molecule has 20 heavy (non-hydrogen) atoms. The molecule has 0 fully saturated rings. The molecule has 3 aromatic rings. The summed E-state index contributed by atoms with van der Waals surface area (Å²) in [6.45, 7) is 0. The van der Waals surface area contributed by atoms with Gasteiger partial charge in [-0.3, -0.25) is 4.68 Å². The minimum atomic E-state index is -0.974. The number of aryl methyl sites for hydroxylation is 1. The Kier molecular flexibility index (Phi) is 2.83. The van der Waals surface area contributed by atoms with E-state index in [0.717, 1.165) is 5.69 Å². The van der Waals surface area contributed by atoms with E-state index in [1.807, 2.05) is 13.1 Å². The highest BCUT2D eigenvalue weighted by Crippen LogP contribution is 2.22. The maximum atomic E-state index is 11.4. The van der Waals surface area contributed by atoms with Gasteiger partial charge in [0.1, 0.15) is 5.82 Å². The number of rotatable bonds is 3. The third-order valence-electron chi connectivity index (χ3n) is 2.92. The predicted octanol–water partition coefficient (Wildman–Crippen LogP) is 2.41. The van der Waals surface area contributed by atoms with Crippen molar-refractivity contribution in [2.75, 3.05) is 5.32 Å². The Balaban J connectivity index is 2.10. The van der Waals surface area contributed by atoms with Gasteiger partial charge in [0.15, 0.2) is 0 Å². The first-order valence-electron chi connectivity index (χ1n) is 6.02. The Labute approximate surface area is 114 Å². The number of nitrogens with zero attached hydrogens (tertiary/aromatic N) is 3. The minimum absolute atomic E-state index is 0.224. The second kappa shape index (κ2) is 4.65. The molecule has 0 aliphatic carbocycles. The SMILES string of the molecule is Cn1cc(Nc2cc(C(=O)O)c3ccccc3n2)cn1. The van der Waals surface area contributed by atoms with Gasteiger partial charge < -0.3 is 10.4 Å². The van der Waals surface area contributed by atoms with Crippen LogP contribution >= 0.6 is 0 Å². The molecule has 3 rings (SSSR count). The van der Waals surface area contributed by atoms with Crippen LogP contribution in [0.2, 0.25) is 0 Å². The number of fused-ring (bicyclic) bond motifs is 1. The topological polar surface area (TPSA) is 80.0 Å². The molecule has 0 spiro atoms. The van der Waals surface area contributed by atoms with E-state index in [1.54, 1.807) is 35.3 Å². The zero-order chi connectivity index (χ0) is 14.1. The van der Waals surface area contributed by atoms with Gasteiger partial charge in [0, 0.05) is 18.6 Å². The summed E-state index contributed by atoms with van der Waals surface area (Å²) in [5, 5.41) is 17.0. The Hall–Kier alpha value is -2.89. The highest BCUT2D eigenvalue weighted by Gasteiger charge is 2.11. The number of carboxylic acids is 1. The predicted molar refractivity (Wildman–Crippen MR) is 75.2 cm³/mol. The lowest BCUT2D eigenvalue weighted by Gasteiger charge is -2.07. The molecular weight excluding hydrogens is 256 g/mol. The summed E-state index contributed by atoms with van der Waals surface area (Å²) in [6.07, 6.45) is 3.44. The molecule has 100 valence electrons. The van der Waals surface area contributed by atoms with Gasteiger partial charge >= 0.3 is 5.97 Å². The highest BCUT2D eigenvalue weighted by atomic mass is 16.4. The smallest absolute Gasteiger partial charge is 0.336 e. The van der Waals surface area contributed by atoms with Crippen molar-refractivity contribution in [3.05, 3.63) is 48.3 Å². The summed E-state index contributed by atoms with van der Waals surface area (Å²) >= 11 is 0. The fraction of sp³-hybridized carbons (Fsp3) is 0.0714. The maximum Gasteiger partial charge on any atom is 0.336 e. The van der Waals surface area contributed by atoms with Crippen molar-refractivity contribution < 1.29 is 9.90 Å². The molecule has 0 amide bonds. The molecule has 2 N–H and O–H groups in total. The van der Waals surface area contributed by atoms with E-state index in [2.05, 4.69) is 15.4 Å². The average molecular weight is 268 g/mol. The molecule has 2 heterocycles. The van der Waals surface area contributed by atoms with Crippen LogP contribution in [0.1, 0.15) is 10.4 Å². The van der Waals surface area contributed by atoms with Crippen molar-refractivity contribution in [3.8, 4) is 0 Å². The van der Waals surface area contributed by atoms with Crippen molar-refractivity contribution >= 4 is 28.4 Å². The number of aromatic carboxylic acids is 1. The molecular formula is C14H12N4O2. The minimum Gasteiger partial charge on any atom is -0.478 e. The lowest BCUT2D eigenvalue weighted by atomic mass is 10.1. The molecule has 0 aliphatic heterocycles. The van der Waals surface area contributed by atoms with Crippen LogP contribution in [0, 0.1) is 0 Å². The lowest BCUT2D eigenvalue weighted by Crippen LogP contribution is -2.02. The zero-order valence-corrected chi connectivity index (χ0v) is 10.7. The van der Waals surface area contributed by atoms with Crippen molar-refractivity contribution in [2.24, 2.45) is 7.05 Å². The summed E-state index contributed by atoms with van der Waals surface area (Å²) < 4.78 is 1.65. The number of nitrogens with one attached hydrogen (secondary N) is 1. The Morgan fingerprint density at radius 1 is 1.35 bits per heavy atom. The summed E-state index contributed by atoms with van der Waals surface area (Å²) in [5.41, 5.74) is 1.62. The lowest BCUT2D eigenvalue weighted by molar-refractivity contribution is 0.0699. The Bertz CT molecular complexity index is 795. The average Bonchev–Trinajstić information content (AvgIpc) is 2.83. The molecule has 0 saturated heterocycles. The Morgan fingerprint density at radius 2 is 2.15 bits per heavy atom. The highest BCUT2D eigenvalue weighted by molar-refractivity contribution is 6.03. The van der Waals surface area contributed by atoms with E-state index in [9.17, 15) is 9.90 Å². The summed E-state index contributed by atoms with van der Waals surface area (Å²) in [7, 11) is 1.81. The number of hydrogen-bond donors (Lipinski definition) is 2. The normalized spacial score (nSPS) is 10.7. The monoisotopic (exact) mass is 268 g/mol. The summed E-state index contributed by atoms with van der Waals surface area (Å²) in [5.74, 6) is -0.494. The molecule has 0 saturated carbocycles. The van der Waals surface area contributed by atoms with E-state index in [-0.39, 0.29) is 5.56 Å². The summed E-state index contributed by atoms with van der Waals surface area (Å²) in [6, 6.07) is 8.69. The fourth-order valence-electron chi connectivity index (χ4n) is 2.05. The van der Waals surface area contributed by atoms with Crippen LogP contribution in [0.3, 0.4) is 0 Å². The van der Waals surface area contributed by atoms with Crippen molar-refractivity contribution in [1.82, 2.24) is 14.8 Å². The van der Waals surface area contributed by atoms with Crippen molar-refractivity contribution in [1.29, 1.82) is 0 Å². The van der Waals surface area contributed by atoms with Crippen LogP contribution in [-0.2, 0) is 7.05 Å². The molecule has 1 aromatic carbocycles. The van der Waals surface area contributed by atoms with Crippen LogP contribution < -0.4 is 5.32 Å². The standard InChI is InChI=1S/C14H12N4O2/c1-18-8-9(7-15-18)16-13-6-11(14(19)20)10-4-2-3-5-12(10)17-13/h2-8H,1H3,(H,16,17)(H,19,20). The van der Waals surface area contributed by atoms with Crippen LogP contribution in [0.15, 0.2) is 42.7 Å². The third kappa shape index (κ3) is 2.18. The summed E-state index contributed by atoms with van der Waals surface area (Å²) in [4.78, 5) is 15.8. The number of benzene rings is 1. The van der Waals surface area contributed by atoms with E-state index in [4.69, 9.17) is 0 Å². The van der Waals surface area contributed by atoms with E-state index in [0.29, 0.717) is 16.7 Å². The second-order valence-corrected chi connectivity index (χ2v) is 4.41. The first-order chi connectivity index (χ1) is 9.63. The zero-order valence-electron chi connectivity index (χ0n) is 10.7. The van der Waals surface area contributed by atoms with Gasteiger partial charge in [-0.2, -0.15) is 5.10 Å². The quantitative estimate of drug-likeness (QED) is 0.762. The first kappa shape index (κ1) is 12.2. The van der Waals surface area contributed by atoms with E-state index in [1.165, 1.54) is 6.07 Å². The van der Waals surface area contributed by atoms with Crippen LogP contribution in [0.4, 0.5) is 11.5 Å². The largest absolute Gasteiger partial charge is 0.478 e. The van der Waals surface area contributed by atoms with Gasteiger partial charge in [-0.1, -0.05) is 18.2 Å². The van der Waals surface area contributed by atoms with Gasteiger partial charge in [-0.15, -0.1) is 0 Å². The molecule has 0 atom stereocenters. The molecule has 2 aromatic heterocycles. The third-order valence-corrected chi connectivity index (χ3v) is 2.92. The van der Waals surface area contributed by atoms with Crippen LogP contribution in [0.5, 0.6) is 0 Å². The Morgan fingerprint density at radius 3 is 2.85 bits per heavy atom. The van der Waals surface area contributed by atoms with Crippen LogP contribution in [-0.4, -0.2) is 25.8 Å². The van der Waals surface area contributed by atoms with Crippen molar-refractivity contribution in [3.63, 3.8) is 0 Å². The maximum absolute atomic E-state index is 11.4. The van der Waals surface area contributed by atoms with Gasteiger partial charge in [0.05, 0.1) is 23.0 Å². The number of hydrogen-bond acceptors (Lipinski definition) is 4. The molecule has 0 radical (unpaired) electrons. The van der Waals surface area contributed by atoms with Crippen LogP contribution in [0.25, 0.3) is 10.9 Å².